The largest absolute Gasteiger partial charge is 0.410 e. The minimum Gasteiger partial charge on any atom is -0.410 e. The number of thioether (sulfide) groups is 1. The number of nitrogens with zero attached hydrogens (tertiary/aromatic N) is 2. The molecule has 3 amide bonds. The number of carbonyl (C=O) groups is 2. The first-order valence-corrected chi connectivity index (χ1v) is 10.5. The molecule has 0 saturated carbocycles. The molecule has 0 bridgehead atoms. The highest BCUT2D eigenvalue weighted by Crippen LogP contribution is 2.37. The zero-order valence-corrected chi connectivity index (χ0v) is 16.5. The fourth-order valence-electron chi connectivity index (χ4n) is 2.75. The maximum absolute atomic E-state index is 11.7. The molecule has 9 heteroatoms. The molecule has 2 aromatic rings. The molecule has 2 N–H and O–H groups in total. The Kier molecular flexibility index (Phi) is 6.31. The summed E-state index contributed by atoms with van der Waals surface area (Å²) in [5.41, 5.74) is 1.38. The first-order chi connectivity index (χ1) is 12.5. The van der Waals surface area contributed by atoms with E-state index in [2.05, 4.69) is 33.8 Å². The van der Waals surface area contributed by atoms with Gasteiger partial charge in [-0.3, -0.25) is 10.1 Å². The predicted molar refractivity (Wildman–Crippen MR) is 101 cm³/mol. The second kappa shape index (κ2) is 8.68. The van der Waals surface area contributed by atoms with Crippen molar-refractivity contribution in [3.63, 3.8) is 0 Å². The van der Waals surface area contributed by atoms with Gasteiger partial charge in [0.05, 0.1) is 10.6 Å². The van der Waals surface area contributed by atoms with Gasteiger partial charge in [0.15, 0.2) is 0 Å². The lowest BCUT2D eigenvalue weighted by Gasteiger charge is -2.16. The number of fused-ring (bicyclic) bond motifs is 1. The molecule has 0 unspecified atom stereocenters. The molecule has 0 saturated heterocycles. The highest BCUT2D eigenvalue weighted by Gasteiger charge is 2.21. The van der Waals surface area contributed by atoms with Gasteiger partial charge in [-0.1, -0.05) is 25.6 Å². The normalized spacial score (nSPS) is 16.2. The van der Waals surface area contributed by atoms with Gasteiger partial charge in [0.25, 0.3) is 11.1 Å². The lowest BCUT2D eigenvalue weighted by Crippen LogP contribution is -2.40. The second-order valence-electron chi connectivity index (χ2n) is 6.37. The van der Waals surface area contributed by atoms with E-state index in [4.69, 9.17) is 4.42 Å². The minimum absolute atomic E-state index is 0.0413. The third kappa shape index (κ3) is 4.85. The average molecular weight is 395 g/mol. The molecule has 0 radical (unpaired) electrons. The van der Waals surface area contributed by atoms with Crippen LogP contribution in [-0.2, 0) is 17.6 Å². The minimum atomic E-state index is -0.484. The molecule has 140 valence electrons. The molecule has 26 heavy (non-hydrogen) atoms. The van der Waals surface area contributed by atoms with Crippen molar-refractivity contribution in [3.05, 3.63) is 16.5 Å². The Balaban J connectivity index is 1.54. The fourth-order valence-corrected chi connectivity index (χ4v) is 4.44. The van der Waals surface area contributed by atoms with Crippen LogP contribution in [0.3, 0.4) is 0 Å². The third-order valence-electron chi connectivity index (χ3n) is 4.06. The summed E-state index contributed by atoms with van der Waals surface area (Å²) in [4.78, 5) is 25.6. The first kappa shape index (κ1) is 18.9. The Morgan fingerprint density at radius 2 is 2.27 bits per heavy atom. The average Bonchev–Trinajstić information content (AvgIpc) is 3.24. The van der Waals surface area contributed by atoms with Gasteiger partial charge in [0.1, 0.15) is 0 Å². The van der Waals surface area contributed by atoms with Crippen molar-refractivity contribution < 1.29 is 14.0 Å². The van der Waals surface area contributed by atoms with Crippen molar-refractivity contribution in [2.75, 3.05) is 12.3 Å². The number of aryl methyl sites for hydroxylation is 1. The van der Waals surface area contributed by atoms with E-state index in [-0.39, 0.29) is 5.75 Å². The molecule has 1 aliphatic rings. The highest BCUT2D eigenvalue weighted by atomic mass is 32.2. The number of urea groups is 1. The SMILES string of the molecule is CCCNC(=O)NC(=O)CSc1nnc(-c2cc3c(s2)CC[C@H](C)C3)o1. The Labute approximate surface area is 160 Å². The van der Waals surface area contributed by atoms with E-state index in [0.717, 1.165) is 35.9 Å². The lowest BCUT2D eigenvalue weighted by molar-refractivity contribution is -0.117. The molecular formula is C17H22N4O3S2. The number of nitrogens with one attached hydrogen (secondary N) is 2. The molecule has 1 atom stereocenters. The molecule has 0 aromatic carbocycles. The van der Waals surface area contributed by atoms with Crippen LogP contribution in [0.4, 0.5) is 4.79 Å². The van der Waals surface area contributed by atoms with Crippen LogP contribution in [0.5, 0.6) is 0 Å². The van der Waals surface area contributed by atoms with Crippen LogP contribution in [0.15, 0.2) is 15.7 Å². The summed E-state index contributed by atoms with van der Waals surface area (Å²) in [5, 5.41) is 13.2. The summed E-state index contributed by atoms with van der Waals surface area (Å²) in [6.07, 6.45) is 4.24. The van der Waals surface area contributed by atoms with E-state index >= 15 is 0 Å². The fraction of sp³-hybridized carbons (Fsp3) is 0.529. The van der Waals surface area contributed by atoms with Gasteiger partial charge in [-0.05, 0) is 43.2 Å². The zero-order chi connectivity index (χ0) is 18.5. The molecule has 0 fully saturated rings. The molecule has 2 heterocycles. The smallest absolute Gasteiger partial charge is 0.321 e. The van der Waals surface area contributed by atoms with Gasteiger partial charge in [0, 0.05) is 11.4 Å². The Morgan fingerprint density at radius 1 is 1.42 bits per heavy atom. The van der Waals surface area contributed by atoms with Crippen LogP contribution in [-0.4, -0.2) is 34.4 Å². The maximum Gasteiger partial charge on any atom is 0.321 e. The van der Waals surface area contributed by atoms with E-state index in [1.165, 1.54) is 16.9 Å². The summed E-state index contributed by atoms with van der Waals surface area (Å²) in [5.74, 6) is 0.843. The number of hydrogen-bond donors (Lipinski definition) is 2. The van der Waals surface area contributed by atoms with Crippen molar-refractivity contribution in [2.45, 2.75) is 44.8 Å². The van der Waals surface area contributed by atoms with Crippen molar-refractivity contribution >= 4 is 35.0 Å². The highest BCUT2D eigenvalue weighted by molar-refractivity contribution is 7.99. The van der Waals surface area contributed by atoms with Gasteiger partial charge >= 0.3 is 6.03 Å². The van der Waals surface area contributed by atoms with E-state index in [0.29, 0.717) is 23.6 Å². The number of amides is 3. The van der Waals surface area contributed by atoms with Gasteiger partial charge < -0.3 is 9.73 Å². The Morgan fingerprint density at radius 3 is 3.08 bits per heavy atom. The number of aromatic nitrogens is 2. The van der Waals surface area contributed by atoms with Crippen LogP contribution in [0, 0.1) is 5.92 Å². The quantitative estimate of drug-likeness (QED) is 0.730. The van der Waals surface area contributed by atoms with E-state index in [1.54, 1.807) is 11.3 Å². The number of hydrogen-bond acceptors (Lipinski definition) is 7. The van der Waals surface area contributed by atoms with E-state index in [9.17, 15) is 9.59 Å². The van der Waals surface area contributed by atoms with E-state index < -0.39 is 11.9 Å². The molecular weight excluding hydrogens is 372 g/mol. The van der Waals surface area contributed by atoms with Crippen LogP contribution in [0.1, 0.15) is 37.1 Å². The Hall–Kier alpha value is -1.87. The second-order valence-corrected chi connectivity index (χ2v) is 8.44. The number of carbonyl (C=O) groups excluding carboxylic acids is 2. The molecule has 1 aliphatic carbocycles. The topological polar surface area (TPSA) is 97.1 Å². The van der Waals surface area contributed by atoms with Gasteiger partial charge in [-0.2, -0.15) is 0 Å². The van der Waals surface area contributed by atoms with Crippen LogP contribution in [0.2, 0.25) is 0 Å². The first-order valence-electron chi connectivity index (χ1n) is 8.71. The summed E-state index contributed by atoms with van der Waals surface area (Å²) in [7, 11) is 0. The predicted octanol–water partition coefficient (Wildman–Crippen LogP) is 3.25. The van der Waals surface area contributed by atoms with E-state index in [1.807, 2.05) is 6.92 Å². The molecule has 0 aliphatic heterocycles. The van der Waals surface area contributed by atoms with Crippen LogP contribution >= 0.6 is 23.1 Å². The number of imide groups is 1. The number of thiophene rings is 1. The monoisotopic (exact) mass is 394 g/mol. The third-order valence-corrected chi connectivity index (χ3v) is 6.11. The zero-order valence-electron chi connectivity index (χ0n) is 14.8. The van der Waals surface area contributed by atoms with Crippen molar-refractivity contribution in [2.24, 2.45) is 5.92 Å². The van der Waals surface area contributed by atoms with Crippen LogP contribution < -0.4 is 10.6 Å². The summed E-state index contributed by atoms with van der Waals surface area (Å²) in [6.45, 7) is 4.74. The molecule has 0 spiro atoms. The van der Waals surface area contributed by atoms with Crippen molar-refractivity contribution in [1.82, 2.24) is 20.8 Å². The summed E-state index contributed by atoms with van der Waals surface area (Å²) < 4.78 is 5.67. The van der Waals surface area contributed by atoms with Gasteiger partial charge in [0.2, 0.25) is 5.91 Å². The van der Waals surface area contributed by atoms with Crippen molar-refractivity contribution in [1.29, 1.82) is 0 Å². The van der Waals surface area contributed by atoms with Crippen LogP contribution in [0.25, 0.3) is 10.8 Å². The number of rotatable bonds is 6. The summed E-state index contributed by atoms with van der Waals surface area (Å²) >= 11 is 2.82. The Bertz CT molecular complexity index is 787. The maximum atomic E-state index is 11.7. The standard InChI is InChI=1S/C17H22N4O3S2/c1-3-6-18-16(23)19-14(22)9-25-17-21-20-15(24-17)13-8-11-7-10(2)4-5-12(11)26-13/h8,10H,3-7,9H2,1-2H3,(H2,18,19,22,23)/t10-/m0/s1. The molecule has 7 nitrogen and oxygen atoms in total. The van der Waals surface area contributed by atoms with Crippen molar-refractivity contribution in [3.8, 4) is 10.8 Å². The van der Waals surface area contributed by atoms with Gasteiger partial charge in [-0.25, -0.2) is 4.79 Å². The van der Waals surface area contributed by atoms with Gasteiger partial charge in [-0.15, -0.1) is 21.5 Å². The summed E-state index contributed by atoms with van der Waals surface area (Å²) in [6, 6.07) is 1.66. The molecule has 2 aromatic heterocycles. The molecule has 3 rings (SSSR count). The lowest BCUT2D eigenvalue weighted by atomic mass is 9.90.